The summed E-state index contributed by atoms with van der Waals surface area (Å²) >= 11 is 0. The van der Waals surface area contributed by atoms with Crippen molar-refractivity contribution in [2.45, 2.75) is 19.9 Å². The lowest BCUT2D eigenvalue weighted by molar-refractivity contribution is -0.137. The SMILES string of the molecule is CCOC(=O)C=CC=C1CCN(Cc2ccc3c(c2)OCO3)C1. The summed E-state index contributed by atoms with van der Waals surface area (Å²) in [6, 6.07) is 6.09. The van der Waals surface area contributed by atoms with E-state index in [-0.39, 0.29) is 5.97 Å². The standard InChI is InChI=1S/C18H21NO4/c1-2-21-18(20)5-3-4-14-8-9-19(11-14)12-15-6-7-16-17(10-15)23-13-22-16/h3-7,10H,2,8-9,11-13H2,1H3. The van der Waals surface area contributed by atoms with Crippen molar-refractivity contribution in [1.29, 1.82) is 0 Å². The Morgan fingerprint density at radius 1 is 1.35 bits per heavy atom. The van der Waals surface area contributed by atoms with E-state index in [0.29, 0.717) is 13.4 Å². The van der Waals surface area contributed by atoms with Gasteiger partial charge in [-0.1, -0.05) is 23.8 Å². The highest BCUT2D eigenvalue weighted by Gasteiger charge is 2.18. The fraction of sp³-hybridized carbons (Fsp3) is 0.389. The van der Waals surface area contributed by atoms with Gasteiger partial charge in [-0.05, 0) is 31.0 Å². The summed E-state index contributed by atoms with van der Waals surface area (Å²) in [7, 11) is 0. The van der Waals surface area contributed by atoms with Crippen LogP contribution < -0.4 is 9.47 Å². The van der Waals surface area contributed by atoms with Crippen LogP contribution in [0.25, 0.3) is 0 Å². The molecule has 0 bridgehead atoms. The number of rotatable bonds is 5. The zero-order valence-electron chi connectivity index (χ0n) is 13.3. The monoisotopic (exact) mass is 315 g/mol. The first kappa shape index (κ1) is 15.6. The van der Waals surface area contributed by atoms with Crippen molar-refractivity contribution >= 4 is 5.97 Å². The molecule has 0 radical (unpaired) electrons. The number of fused-ring (bicyclic) bond motifs is 1. The summed E-state index contributed by atoms with van der Waals surface area (Å²) < 4.78 is 15.6. The zero-order valence-corrected chi connectivity index (χ0v) is 13.3. The molecule has 122 valence electrons. The van der Waals surface area contributed by atoms with Gasteiger partial charge >= 0.3 is 5.97 Å². The molecule has 23 heavy (non-hydrogen) atoms. The van der Waals surface area contributed by atoms with Gasteiger partial charge < -0.3 is 14.2 Å². The van der Waals surface area contributed by atoms with Crippen molar-refractivity contribution in [2.24, 2.45) is 0 Å². The van der Waals surface area contributed by atoms with Crippen LogP contribution in [-0.2, 0) is 16.1 Å². The second-order valence-electron chi connectivity index (χ2n) is 5.58. The van der Waals surface area contributed by atoms with Gasteiger partial charge in [-0.25, -0.2) is 4.79 Å². The molecular formula is C18H21NO4. The highest BCUT2D eigenvalue weighted by Crippen LogP contribution is 2.33. The minimum atomic E-state index is -0.292. The van der Waals surface area contributed by atoms with Crippen LogP contribution in [0.4, 0.5) is 0 Å². The Balaban J connectivity index is 1.52. The highest BCUT2D eigenvalue weighted by molar-refractivity contribution is 5.82. The van der Waals surface area contributed by atoms with E-state index in [2.05, 4.69) is 11.0 Å². The number of esters is 1. The van der Waals surface area contributed by atoms with Crippen molar-refractivity contribution in [3.8, 4) is 11.5 Å². The smallest absolute Gasteiger partial charge is 0.330 e. The Kier molecular flexibility index (Phi) is 4.98. The molecule has 1 fully saturated rings. The molecule has 2 heterocycles. The third-order valence-corrected chi connectivity index (χ3v) is 3.87. The fourth-order valence-corrected chi connectivity index (χ4v) is 2.77. The van der Waals surface area contributed by atoms with Gasteiger partial charge in [-0.2, -0.15) is 0 Å². The van der Waals surface area contributed by atoms with Crippen LogP contribution in [0, 0.1) is 0 Å². The number of nitrogens with zero attached hydrogens (tertiary/aromatic N) is 1. The molecule has 5 heteroatoms. The minimum absolute atomic E-state index is 0.292. The van der Waals surface area contributed by atoms with Crippen molar-refractivity contribution < 1.29 is 19.0 Å². The molecule has 0 atom stereocenters. The Hall–Kier alpha value is -2.27. The van der Waals surface area contributed by atoms with Crippen LogP contribution in [0.2, 0.25) is 0 Å². The Morgan fingerprint density at radius 2 is 2.22 bits per heavy atom. The normalized spacial score (nSPS) is 18.9. The number of benzene rings is 1. The summed E-state index contributed by atoms with van der Waals surface area (Å²) in [5.41, 5.74) is 2.55. The molecule has 2 aliphatic rings. The molecule has 1 aromatic carbocycles. The van der Waals surface area contributed by atoms with Crippen LogP contribution in [-0.4, -0.2) is 37.4 Å². The van der Waals surface area contributed by atoms with E-state index in [1.54, 1.807) is 13.0 Å². The first-order valence-corrected chi connectivity index (χ1v) is 7.88. The number of likely N-dealkylation sites (tertiary alicyclic amines) is 1. The van der Waals surface area contributed by atoms with Crippen LogP contribution in [0.15, 0.2) is 42.0 Å². The lowest BCUT2D eigenvalue weighted by atomic mass is 10.2. The van der Waals surface area contributed by atoms with Crippen molar-refractivity contribution in [1.82, 2.24) is 4.90 Å². The molecule has 1 saturated heterocycles. The molecule has 0 unspecified atom stereocenters. The second-order valence-corrected chi connectivity index (χ2v) is 5.58. The lowest BCUT2D eigenvalue weighted by Gasteiger charge is -2.14. The van der Waals surface area contributed by atoms with E-state index < -0.39 is 0 Å². The van der Waals surface area contributed by atoms with Gasteiger partial charge in [0.25, 0.3) is 0 Å². The number of allylic oxidation sites excluding steroid dienone is 2. The number of carbonyl (C=O) groups excluding carboxylic acids is 1. The molecule has 3 rings (SSSR count). The summed E-state index contributed by atoms with van der Waals surface area (Å²) in [5.74, 6) is 1.36. The topological polar surface area (TPSA) is 48.0 Å². The summed E-state index contributed by atoms with van der Waals surface area (Å²) in [6.07, 6.45) is 6.28. The number of hydrogen-bond acceptors (Lipinski definition) is 5. The lowest BCUT2D eigenvalue weighted by Crippen LogP contribution is -2.18. The van der Waals surface area contributed by atoms with Crippen LogP contribution >= 0.6 is 0 Å². The Labute approximate surface area is 136 Å². The van der Waals surface area contributed by atoms with E-state index in [9.17, 15) is 4.79 Å². The van der Waals surface area contributed by atoms with E-state index in [1.165, 1.54) is 17.2 Å². The third kappa shape index (κ3) is 4.13. The van der Waals surface area contributed by atoms with Crippen molar-refractivity contribution in [3.05, 3.63) is 47.6 Å². The van der Waals surface area contributed by atoms with Crippen LogP contribution in [0.1, 0.15) is 18.9 Å². The quantitative estimate of drug-likeness (QED) is 0.617. The zero-order chi connectivity index (χ0) is 16.1. The molecule has 0 saturated carbocycles. The number of hydrogen-bond donors (Lipinski definition) is 0. The van der Waals surface area contributed by atoms with Gasteiger partial charge in [0.2, 0.25) is 6.79 Å². The molecule has 0 aromatic heterocycles. The first-order valence-electron chi connectivity index (χ1n) is 7.88. The number of carbonyl (C=O) groups is 1. The van der Waals surface area contributed by atoms with Gasteiger partial charge in [0.05, 0.1) is 6.61 Å². The largest absolute Gasteiger partial charge is 0.463 e. The van der Waals surface area contributed by atoms with Gasteiger partial charge in [0, 0.05) is 25.7 Å². The van der Waals surface area contributed by atoms with E-state index in [1.807, 2.05) is 18.2 Å². The molecule has 1 aromatic rings. The average Bonchev–Trinajstić information content (AvgIpc) is 3.16. The molecule has 0 aliphatic carbocycles. The summed E-state index contributed by atoms with van der Waals surface area (Å²) in [4.78, 5) is 13.6. The van der Waals surface area contributed by atoms with Gasteiger partial charge in [0.15, 0.2) is 11.5 Å². The highest BCUT2D eigenvalue weighted by atomic mass is 16.7. The van der Waals surface area contributed by atoms with Crippen molar-refractivity contribution in [3.63, 3.8) is 0 Å². The van der Waals surface area contributed by atoms with E-state index in [0.717, 1.165) is 37.6 Å². The summed E-state index contributed by atoms with van der Waals surface area (Å²) in [5, 5.41) is 0. The maximum absolute atomic E-state index is 11.2. The molecule has 0 amide bonds. The van der Waals surface area contributed by atoms with Gasteiger partial charge in [0.1, 0.15) is 0 Å². The molecule has 2 aliphatic heterocycles. The first-order chi connectivity index (χ1) is 11.2. The second kappa shape index (κ2) is 7.33. The fourth-order valence-electron chi connectivity index (χ4n) is 2.77. The molecular weight excluding hydrogens is 294 g/mol. The maximum atomic E-state index is 11.2. The van der Waals surface area contributed by atoms with E-state index >= 15 is 0 Å². The Bertz CT molecular complexity index is 636. The van der Waals surface area contributed by atoms with Crippen LogP contribution in [0.3, 0.4) is 0 Å². The molecule has 5 nitrogen and oxygen atoms in total. The molecule has 0 N–H and O–H groups in total. The predicted molar refractivity (Wildman–Crippen MR) is 86.3 cm³/mol. The van der Waals surface area contributed by atoms with E-state index in [4.69, 9.17) is 14.2 Å². The third-order valence-electron chi connectivity index (χ3n) is 3.87. The van der Waals surface area contributed by atoms with Gasteiger partial charge in [-0.3, -0.25) is 4.90 Å². The number of ether oxygens (including phenoxy) is 3. The predicted octanol–water partition coefficient (Wildman–Crippen LogP) is 2.67. The minimum Gasteiger partial charge on any atom is -0.463 e. The van der Waals surface area contributed by atoms with Crippen LogP contribution in [0.5, 0.6) is 11.5 Å². The summed E-state index contributed by atoms with van der Waals surface area (Å²) in [6.45, 7) is 5.34. The average molecular weight is 315 g/mol. The van der Waals surface area contributed by atoms with Gasteiger partial charge in [-0.15, -0.1) is 0 Å². The molecule has 0 spiro atoms. The Morgan fingerprint density at radius 3 is 3.09 bits per heavy atom. The van der Waals surface area contributed by atoms with Crippen molar-refractivity contribution in [2.75, 3.05) is 26.5 Å². The maximum Gasteiger partial charge on any atom is 0.330 e.